The monoisotopic (exact) mass is 505 g/mol. The molecule has 0 unspecified atom stereocenters. The fourth-order valence-corrected chi connectivity index (χ4v) is 3.71. The van der Waals surface area contributed by atoms with Crippen molar-refractivity contribution in [1.29, 1.82) is 0 Å². The van der Waals surface area contributed by atoms with E-state index in [9.17, 15) is 18.0 Å². The van der Waals surface area contributed by atoms with Gasteiger partial charge in [-0.1, -0.05) is 59.6 Å². The fourth-order valence-electron chi connectivity index (χ4n) is 3.33. The molecule has 10 heteroatoms. The lowest BCUT2D eigenvalue weighted by atomic mass is 10.0. The molecule has 4 aromatic rings. The zero-order valence-electron chi connectivity index (χ0n) is 17.3. The molecule has 0 bridgehead atoms. The first-order chi connectivity index (χ1) is 16.2. The van der Waals surface area contributed by atoms with Crippen molar-refractivity contribution >= 4 is 29.1 Å². The first-order valence-corrected chi connectivity index (χ1v) is 10.7. The second-order valence-electron chi connectivity index (χ2n) is 7.17. The summed E-state index contributed by atoms with van der Waals surface area (Å²) >= 11 is 12.2. The third-order valence-corrected chi connectivity index (χ3v) is 5.73. The van der Waals surface area contributed by atoms with Gasteiger partial charge in [0.25, 0.3) is 5.91 Å². The van der Waals surface area contributed by atoms with Gasteiger partial charge in [-0.05, 0) is 47.0 Å². The molecule has 0 atom stereocenters. The number of aromatic nitrogens is 2. The van der Waals surface area contributed by atoms with Gasteiger partial charge in [-0.2, -0.15) is 0 Å². The molecule has 0 aliphatic heterocycles. The second-order valence-corrected chi connectivity index (χ2v) is 7.96. The Bertz CT molecular complexity index is 1340. The van der Waals surface area contributed by atoms with Crippen molar-refractivity contribution in [2.24, 2.45) is 0 Å². The van der Waals surface area contributed by atoms with Crippen molar-refractivity contribution in [2.45, 2.75) is 12.9 Å². The Morgan fingerprint density at radius 3 is 2.47 bits per heavy atom. The minimum atomic E-state index is -4.78. The van der Waals surface area contributed by atoms with Gasteiger partial charge in [0, 0.05) is 12.2 Å². The molecular weight excluding hydrogens is 490 g/mol. The molecule has 4 rings (SSSR count). The van der Waals surface area contributed by atoms with Gasteiger partial charge in [0.2, 0.25) is 0 Å². The minimum Gasteiger partial charge on any atom is -0.406 e. The largest absolute Gasteiger partial charge is 0.573 e. The van der Waals surface area contributed by atoms with Crippen LogP contribution in [0.25, 0.3) is 16.8 Å². The van der Waals surface area contributed by atoms with Gasteiger partial charge >= 0.3 is 6.36 Å². The summed E-state index contributed by atoms with van der Waals surface area (Å²) in [6.45, 7) is 0.162. The molecule has 3 aromatic carbocycles. The molecule has 1 heterocycles. The summed E-state index contributed by atoms with van der Waals surface area (Å²) in [5.74, 6) is -0.711. The Kier molecular flexibility index (Phi) is 6.81. The van der Waals surface area contributed by atoms with E-state index < -0.39 is 6.36 Å². The molecule has 0 saturated carbocycles. The van der Waals surface area contributed by atoms with Gasteiger partial charge in [0.1, 0.15) is 11.4 Å². The van der Waals surface area contributed by atoms with Crippen LogP contribution in [0, 0.1) is 0 Å². The van der Waals surface area contributed by atoms with E-state index in [4.69, 9.17) is 23.2 Å². The van der Waals surface area contributed by atoms with Gasteiger partial charge in [-0.15, -0.1) is 13.2 Å². The molecule has 0 spiro atoms. The number of alkyl halides is 3. The smallest absolute Gasteiger partial charge is 0.406 e. The molecule has 0 radical (unpaired) electrons. The van der Waals surface area contributed by atoms with Gasteiger partial charge in [0.05, 0.1) is 22.6 Å². The van der Waals surface area contributed by atoms with E-state index >= 15 is 0 Å². The molecule has 5 nitrogen and oxygen atoms in total. The lowest BCUT2D eigenvalue weighted by Crippen LogP contribution is -2.25. The average Bonchev–Trinajstić information content (AvgIpc) is 3.29. The van der Waals surface area contributed by atoms with Gasteiger partial charge < -0.3 is 10.1 Å². The Balaban J connectivity index is 1.56. The van der Waals surface area contributed by atoms with Crippen LogP contribution in [0.5, 0.6) is 5.75 Å². The SMILES string of the molecule is O=C(NCc1cccc(Cl)c1Cl)c1cncn1-c1cccc(-c2cccc(OC(F)(F)F)c2)c1. The first kappa shape index (κ1) is 23.7. The quantitative estimate of drug-likeness (QED) is 0.318. The second kappa shape index (κ2) is 9.79. The van der Waals surface area contributed by atoms with Gasteiger partial charge in [-0.3, -0.25) is 9.36 Å². The molecule has 0 saturated heterocycles. The van der Waals surface area contributed by atoms with E-state index in [0.29, 0.717) is 32.4 Å². The van der Waals surface area contributed by atoms with Crippen LogP contribution in [0.4, 0.5) is 13.2 Å². The minimum absolute atomic E-state index is 0.162. The number of hydrogen-bond acceptors (Lipinski definition) is 3. The number of halogens is 5. The highest BCUT2D eigenvalue weighted by Gasteiger charge is 2.31. The summed E-state index contributed by atoms with van der Waals surface area (Å²) in [6.07, 6.45) is -1.89. The maximum absolute atomic E-state index is 12.8. The number of hydrogen-bond donors (Lipinski definition) is 1. The normalized spacial score (nSPS) is 11.3. The van der Waals surface area contributed by atoms with Crippen LogP contribution in [-0.4, -0.2) is 21.8 Å². The van der Waals surface area contributed by atoms with Crippen molar-refractivity contribution < 1.29 is 22.7 Å². The fraction of sp³-hybridized carbons (Fsp3) is 0.0833. The number of ether oxygens (including phenoxy) is 1. The number of carbonyl (C=O) groups is 1. The highest BCUT2D eigenvalue weighted by atomic mass is 35.5. The molecule has 1 N–H and O–H groups in total. The topological polar surface area (TPSA) is 56.2 Å². The highest BCUT2D eigenvalue weighted by Crippen LogP contribution is 2.29. The summed E-state index contributed by atoms with van der Waals surface area (Å²) in [6, 6.07) is 17.8. The maximum atomic E-state index is 12.8. The molecule has 0 aliphatic rings. The summed E-state index contributed by atoms with van der Waals surface area (Å²) in [5, 5.41) is 3.54. The lowest BCUT2D eigenvalue weighted by molar-refractivity contribution is -0.274. The maximum Gasteiger partial charge on any atom is 0.573 e. The summed E-state index contributed by atoms with van der Waals surface area (Å²) < 4.78 is 43.3. The van der Waals surface area contributed by atoms with Crippen LogP contribution >= 0.6 is 23.2 Å². The van der Waals surface area contributed by atoms with Gasteiger partial charge in [-0.25, -0.2) is 4.98 Å². The van der Waals surface area contributed by atoms with Crippen LogP contribution in [0.15, 0.2) is 79.3 Å². The van der Waals surface area contributed by atoms with Crippen molar-refractivity contribution in [3.63, 3.8) is 0 Å². The third kappa shape index (κ3) is 5.52. The van der Waals surface area contributed by atoms with Crippen molar-refractivity contribution in [3.05, 3.63) is 101 Å². The summed E-state index contributed by atoms with van der Waals surface area (Å²) in [4.78, 5) is 16.9. The van der Waals surface area contributed by atoms with E-state index in [1.54, 1.807) is 53.1 Å². The summed E-state index contributed by atoms with van der Waals surface area (Å²) in [7, 11) is 0. The van der Waals surface area contributed by atoms with Crippen molar-refractivity contribution in [3.8, 4) is 22.6 Å². The summed E-state index contributed by atoms with van der Waals surface area (Å²) in [5.41, 5.74) is 2.69. The van der Waals surface area contributed by atoms with Crippen LogP contribution in [0.1, 0.15) is 16.1 Å². The molecule has 174 valence electrons. The van der Waals surface area contributed by atoms with Crippen LogP contribution in [0.2, 0.25) is 10.0 Å². The van der Waals surface area contributed by atoms with Gasteiger partial charge in [0.15, 0.2) is 0 Å². The van der Waals surface area contributed by atoms with Crippen LogP contribution in [-0.2, 0) is 6.54 Å². The predicted molar refractivity (Wildman–Crippen MR) is 123 cm³/mol. The van der Waals surface area contributed by atoms with Crippen molar-refractivity contribution in [1.82, 2.24) is 14.9 Å². The third-order valence-electron chi connectivity index (χ3n) is 4.87. The lowest BCUT2D eigenvalue weighted by Gasteiger charge is -2.12. The predicted octanol–water partition coefficient (Wildman–Crippen LogP) is 6.67. The number of nitrogens with zero attached hydrogens (tertiary/aromatic N) is 2. The number of rotatable bonds is 6. The standard InChI is InChI=1S/C24H16Cl2F3N3O2/c25-20-9-3-6-17(22(20)26)12-31-23(33)21-13-30-14-32(21)18-7-1-4-15(10-18)16-5-2-8-19(11-16)34-24(27,28)29/h1-11,13-14H,12H2,(H,31,33). The first-order valence-electron chi connectivity index (χ1n) is 9.91. The zero-order valence-corrected chi connectivity index (χ0v) is 18.8. The number of benzene rings is 3. The number of carbonyl (C=O) groups excluding carboxylic acids is 1. The van der Waals surface area contributed by atoms with Crippen LogP contribution in [0.3, 0.4) is 0 Å². The molecule has 1 aromatic heterocycles. The van der Waals surface area contributed by atoms with E-state index in [1.165, 1.54) is 30.7 Å². The molecule has 0 aliphatic carbocycles. The molecule has 0 fully saturated rings. The zero-order chi connectivity index (χ0) is 24.3. The van der Waals surface area contributed by atoms with E-state index in [1.807, 2.05) is 0 Å². The van der Waals surface area contributed by atoms with E-state index in [0.717, 1.165) is 0 Å². The highest BCUT2D eigenvalue weighted by molar-refractivity contribution is 6.42. The van der Waals surface area contributed by atoms with Crippen LogP contribution < -0.4 is 10.1 Å². The van der Waals surface area contributed by atoms with Crippen molar-refractivity contribution in [2.75, 3.05) is 0 Å². The average molecular weight is 506 g/mol. The Morgan fingerprint density at radius 1 is 1.00 bits per heavy atom. The Labute approximate surface area is 202 Å². The number of amides is 1. The number of nitrogens with one attached hydrogen (secondary N) is 1. The Hall–Kier alpha value is -3.49. The van der Waals surface area contributed by atoms with E-state index in [-0.39, 0.29) is 23.9 Å². The molecule has 34 heavy (non-hydrogen) atoms. The molecule has 1 amide bonds. The van der Waals surface area contributed by atoms with E-state index in [2.05, 4.69) is 15.0 Å². The number of imidazole rings is 1. The molecular formula is C24H16Cl2F3N3O2. The Morgan fingerprint density at radius 2 is 1.71 bits per heavy atom.